The van der Waals surface area contributed by atoms with Crippen molar-refractivity contribution in [2.75, 3.05) is 32.8 Å². The van der Waals surface area contributed by atoms with E-state index in [1.165, 1.54) is 25.9 Å². The summed E-state index contributed by atoms with van der Waals surface area (Å²) in [6.07, 6.45) is 5.72. The molecule has 1 rings (SSSR count). The van der Waals surface area contributed by atoms with Crippen LogP contribution >= 0.6 is 0 Å². The summed E-state index contributed by atoms with van der Waals surface area (Å²) in [5, 5.41) is 11.6. The predicted octanol–water partition coefficient (Wildman–Crippen LogP) is 1.39. The molecule has 2 N–H and O–H groups in total. The molecule has 0 unspecified atom stereocenters. The number of hydrogen-bond donors (Lipinski definition) is 2. The molecule has 0 aliphatic carbocycles. The minimum Gasteiger partial charge on any atom is -0.396 e. The van der Waals surface area contributed by atoms with Gasteiger partial charge in [-0.1, -0.05) is 6.92 Å². The minimum atomic E-state index is 0.121. The quantitative estimate of drug-likeness (QED) is 0.645. The van der Waals surface area contributed by atoms with E-state index in [-0.39, 0.29) is 12.5 Å². The number of nitrogens with zero attached hydrogens (tertiary/aromatic N) is 1. The van der Waals surface area contributed by atoms with Crippen molar-refractivity contribution in [3.8, 4) is 0 Å². The Labute approximate surface area is 111 Å². The van der Waals surface area contributed by atoms with E-state index in [9.17, 15) is 4.79 Å². The number of piperidine rings is 1. The molecule has 0 saturated carbocycles. The number of aliphatic hydroxyl groups is 1. The maximum Gasteiger partial charge on any atom is 0.219 e. The van der Waals surface area contributed by atoms with Crippen LogP contribution in [0.5, 0.6) is 0 Å². The highest BCUT2D eigenvalue weighted by molar-refractivity contribution is 5.75. The van der Waals surface area contributed by atoms with Gasteiger partial charge in [0.25, 0.3) is 0 Å². The van der Waals surface area contributed by atoms with Crippen molar-refractivity contribution in [1.29, 1.82) is 0 Å². The minimum absolute atomic E-state index is 0.121. The smallest absolute Gasteiger partial charge is 0.219 e. The molecule has 0 aromatic carbocycles. The van der Waals surface area contributed by atoms with Crippen LogP contribution in [0.2, 0.25) is 0 Å². The number of hydrogen-bond acceptors (Lipinski definition) is 3. The highest BCUT2D eigenvalue weighted by Crippen LogP contribution is 2.15. The van der Waals surface area contributed by atoms with Gasteiger partial charge >= 0.3 is 0 Å². The first-order chi connectivity index (χ1) is 8.72. The lowest BCUT2D eigenvalue weighted by molar-refractivity contribution is -0.121. The highest BCUT2D eigenvalue weighted by Gasteiger charge is 2.14. The van der Waals surface area contributed by atoms with Crippen LogP contribution in [0.4, 0.5) is 0 Å². The number of unbranched alkanes of at least 4 members (excludes halogenated alkanes) is 1. The lowest BCUT2D eigenvalue weighted by atomic mass is 9.99. The first-order valence-electron chi connectivity index (χ1n) is 7.32. The molecule has 0 radical (unpaired) electrons. The average Bonchev–Trinajstić information content (AvgIpc) is 2.37. The van der Waals surface area contributed by atoms with Gasteiger partial charge in [0.05, 0.1) is 0 Å². The zero-order valence-corrected chi connectivity index (χ0v) is 11.7. The molecule has 0 bridgehead atoms. The van der Waals surface area contributed by atoms with Gasteiger partial charge in [0.1, 0.15) is 0 Å². The monoisotopic (exact) mass is 256 g/mol. The van der Waals surface area contributed by atoms with Gasteiger partial charge < -0.3 is 15.3 Å². The molecule has 1 heterocycles. The second-order valence-electron chi connectivity index (χ2n) is 5.41. The Morgan fingerprint density at radius 2 is 2.00 bits per heavy atom. The summed E-state index contributed by atoms with van der Waals surface area (Å²) in [5.41, 5.74) is 0. The van der Waals surface area contributed by atoms with E-state index in [0.29, 0.717) is 6.42 Å². The van der Waals surface area contributed by atoms with Gasteiger partial charge in [-0.15, -0.1) is 0 Å². The van der Waals surface area contributed by atoms with Crippen molar-refractivity contribution in [2.24, 2.45) is 5.92 Å². The Morgan fingerprint density at radius 1 is 1.28 bits per heavy atom. The van der Waals surface area contributed by atoms with E-state index < -0.39 is 0 Å². The molecule has 0 atom stereocenters. The van der Waals surface area contributed by atoms with Gasteiger partial charge in [-0.05, 0) is 57.7 Å². The number of aliphatic hydroxyl groups excluding tert-OH is 1. The number of amides is 1. The van der Waals surface area contributed by atoms with Crippen LogP contribution in [0, 0.1) is 5.92 Å². The average molecular weight is 256 g/mol. The summed E-state index contributed by atoms with van der Waals surface area (Å²) in [5.74, 6) is 1.00. The molecular formula is C14H28N2O2. The summed E-state index contributed by atoms with van der Waals surface area (Å²) < 4.78 is 0. The lowest BCUT2D eigenvalue weighted by Gasteiger charge is -2.30. The molecule has 1 aliphatic rings. The van der Waals surface area contributed by atoms with E-state index in [1.54, 1.807) is 0 Å². The van der Waals surface area contributed by atoms with Gasteiger partial charge in [0.15, 0.2) is 0 Å². The summed E-state index contributed by atoms with van der Waals surface area (Å²) in [7, 11) is 0. The topological polar surface area (TPSA) is 52.6 Å². The summed E-state index contributed by atoms with van der Waals surface area (Å²) in [6, 6.07) is 0. The molecule has 1 aliphatic heterocycles. The third kappa shape index (κ3) is 6.97. The molecule has 4 heteroatoms. The van der Waals surface area contributed by atoms with E-state index in [4.69, 9.17) is 5.11 Å². The maximum atomic E-state index is 11.4. The number of likely N-dealkylation sites (tertiary alicyclic amines) is 1. The van der Waals surface area contributed by atoms with Crippen LogP contribution < -0.4 is 5.32 Å². The van der Waals surface area contributed by atoms with Crippen LogP contribution in [0.1, 0.15) is 45.4 Å². The summed E-state index contributed by atoms with van der Waals surface area (Å²) >= 11 is 0. The van der Waals surface area contributed by atoms with Gasteiger partial charge in [-0.3, -0.25) is 4.79 Å². The van der Waals surface area contributed by atoms with Crippen LogP contribution in [0.25, 0.3) is 0 Å². The third-order valence-corrected chi connectivity index (χ3v) is 3.66. The Hall–Kier alpha value is -0.610. The van der Waals surface area contributed by atoms with Gasteiger partial charge in [0, 0.05) is 19.6 Å². The van der Waals surface area contributed by atoms with Crippen LogP contribution in [0.3, 0.4) is 0 Å². The number of nitrogens with one attached hydrogen (secondary N) is 1. The molecule has 0 spiro atoms. The van der Waals surface area contributed by atoms with Crippen molar-refractivity contribution in [2.45, 2.75) is 45.4 Å². The van der Waals surface area contributed by atoms with E-state index in [2.05, 4.69) is 17.1 Å². The fourth-order valence-electron chi connectivity index (χ4n) is 2.30. The molecular weight excluding hydrogens is 228 g/mol. The van der Waals surface area contributed by atoms with E-state index in [0.717, 1.165) is 38.3 Å². The zero-order chi connectivity index (χ0) is 13.2. The number of carbonyl (C=O) groups is 1. The van der Waals surface area contributed by atoms with Crippen LogP contribution in [-0.2, 0) is 4.79 Å². The van der Waals surface area contributed by atoms with Crippen molar-refractivity contribution < 1.29 is 9.90 Å². The molecule has 18 heavy (non-hydrogen) atoms. The third-order valence-electron chi connectivity index (χ3n) is 3.66. The van der Waals surface area contributed by atoms with Gasteiger partial charge in [-0.2, -0.15) is 0 Å². The summed E-state index contributed by atoms with van der Waals surface area (Å²) in [6.45, 7) is 6.81. The Morgan fingerprint density at radius 3 is 2.67 bits per heavy atom. The Kier molecular flexibility index (Phi) is 8.01. The number of rotatable bonds is 8. The molecule has 4 nitrogen and oxygen atoms in total. The van der Waals surface area contributed by atoms with Gasteiger partial charge in [0.2, 0.25) is 5.91 Å². The highest BCUT2D eigenvalue weighted by atomic mass is 16.2. The second kappa shape index (κ2) is 9.34. The largest absolute Gasteiger partial charge is 0.396 e. The maximum absolute atomic E-state index is 11.4. The molecule has 106 valence electrons. The fourth-order valence-corrected chi connectivity index (χ4v) is 2.30. The molecule has 1 amide bonds. The van der Waals surface area contributed by atoms with E-state index >= 15 is 0 Å². The molecule has 1 saturated heterocycles. The standard InChI is InChI=1S/C14H28N2O2/c1-13-6-10-16(11-7-13)9-4-8-15-14(18)5-2-3-12-17/h13,17H,2-12H2,1H3,(H,15,18). The number of carbonyl (C=O) groups excluding carboxylic acids is 1. The molecule has 0 aromatic rings. The fraction of sp³-hybridized carbons (Fsp3) is 0.929. The van der Waals surface area contributed by atoms with Crippen molar-refractivity contribution in [1.82, 2.24) is 10.2 Å². The SMILES string of the molecule is CC1CCN(CCCNC(=O)CCCCO)CC1. The second-order valence-corrected chi connectivity index (χ2v) is 5.41. The van der Waals surface area contributed by atoms with Crippen LogP contribution in [0.15, 0.2) is 0 Å². The summed E-state index contributed by atoms with van der Waals surface area (Å²) in [4.78, 5) is 13.9. The predicted molar refractivity (Wildman–Crippen MR) is 73.4 cm³/mol. The zero-order valence-electron chi connectivity index (χ0n) is 11.7. The molecule has 1 fully saturated rings. The van der Waals surface area contributed by atoms with Crippen molar-refractivity contribution in [3.63, 3.8) is 0 Å². The Balaban J connectivity index is 1.93. The molecule has 0 aromatic heterocycles. The van der Waals surface area contributed by atoms with Crippen LogP contribution in [-0.4, -0.2) is 48.7 Å². The van der Waals surface area contributed by atoms with Gasteiger partial charge in [-0.25, -0.2) is 0 Å². The first-order valence-corrected chi connectivity index (χ1v) is 7.32. The Bertz CT molecular complexity index is 226. The normalized spacial score (nSPS) is 17.9. The van der Waals surface area contributed by atoms with E-state index in [1.807, 2.05) is 0 Å². The van der Waals surface area contributed by atoms with Crippen molar-refractivity contribution >= 4 is 5.91 Å². The lowest BCUT2D eigenvalue weighted by Crippen LogP contribution is -2.35. The first kappa shape index (κ1) is 15.4. The van der Waals surface area contributed by atoms with Crippen molar-refractivity contribution in [3.05, 3.63) is 0 Å².